The Labute approximate surface area is 123 Å². The monoisotopic (exact) mass is 314 g/mol. The second-order valence-electron chi connectivity index (χ2n) is 5.34. The van der Waals surface area contributed by atoms with E-state index >= 15 is 0 Å². The molecule has 0 aliphatic carbocycles. The van der Waals surface area contributed by atoms with E-state index in [1.54, 1.807) is 13.8 Å². The van der Waals surface area contributed by atoms with Crippen LogP contribution in [0.2, 0.25) is 0 Å². The van der Waals surface area contributed by atoms with Crippen LogP contribution in [0.1, 0.15) is 30.6 Å². The smallest absolute Gasteiger partial charge is 0.335 e. The maximum atomic E-state index is 12.4. The molecule has 116 valence electrons. The van der Waals surface area contributed by atoms with E-state index in [0.29, 0.717) is 13.0 Å². The predicted molar refractivity (Wildman–Crippen MR) is 76.6 cm³/mol. The summed E-state index contributed by atoms with van der Waals surface area (Å²) in [5, 5.41) is 8.87. The summed E-state index contributed by atoms with van der Waals surface area (Å²) in [4.78, 5) is 10.7. The van der Waals surface area contributed by atoms with Crippen molar-refractivity contribution in [2.24, 2.45) is 0 Å². The molecular formula is C13H18N2O5S. The van der Waals surface area contributed by atoms with Gasteiger partial charge in [0.2, 0.25) is 10.0 Å². The Morgan fingerprint density at radius 2 is 2.19 bits per heavy atom. The molecule has 1 saturated heterocycles. The van der Waals surface area contributed by atoms with Crippen molar-refractivity contribution in [3.8, 4) is 0 Å². The lowest BCUT2D eigenvalue weighted by Crippen LogP contribution is -2.50. The fourth-order valence-corrected chi connectivity index (χ4v) is 3.87. The summed E-state index contributed by atoms with van der Waals surface area (Å²) in [6, 6.07) is 3.54. The van der Waals surface area contributed by atoms with Crippen molar-refractivity contribution < 1.29 is 23.1 Å². The van der Waals surface area contributed by atoms with Crippen LogP contribution in [-0.2, 0) is 14.8 Å². The van der Waals surface area contributed by atoms with Crippen molar-refractivity contribution in [3.05, 3.63) is 23.8 Å². The molecule has 1 aromatic rings. The topological polar surface area (TPSA) is 119 Å². The number of sulfonamides is 1. The van der Waals surface area contributed by atoms with Crippen LogP contribution in [0, 0.1) is 0 Å². The number of nitrogens with two attached hydrogens (primary N) is 1. The maximum Gasteiger partial charge on any atom is 0.335 e. The normalized spacial score (nSPS) is 25.9. The van der Waals surface area contributed by atoms with E-state index in [2.05, 4.69) is 4.72 Å². The van der Waals surface area contributed by atoms with E-state index in [0.717, 1.165) is 6.07 Å². The predicted octanol–water partition coefficient (Wildman–Crippen LogP) is 0.813. The van der Waals surface area contributed by atoms with Gasteiger partial charge in [-0.25, -0.2) is 17.9 Å². The van der Waals surface area contributed by atoms with E-state index in [1.807, 2.05) is 0 Å². The highest BCUT2D eigenvalue weighted by Gasteiger charge is 2.41. The lowest BCUT2D eigenvalue weighted by molar-refractivity contribution is 0.0697. The first-order chi connectivity index (χ1) is 9.66. The molecule has 1 aliphatic rings. The Balaban J connectivity index is 2.34. The summed E-state index contributed by atoms with van der Waals surface area (Å²) in [7, 11) is -3.86. The summed E-state index contributed by atoms with van der Waals surface area (Å²) in [5.41, 5.74) is 4.81. The number of aromatic carboxylic acids is 1. The lowest BCUT2D eigenvalue weighted by Gasteiger charge is -2.28. The Kier molecular flexibility index (Phi) is 3.96. The molecule has 8 heteroatoms. The summed E-state index contributed by atoms with van der Waals surface area (Å²) < 4.78 is 32.9. The highest BCUT2D eigenvalue weighted by molar-refractivity contribution is 7.89. The van der Waals surface area contributed by atoms with Gasteiger partial charge in [0, 0.05) is 6.61 Å². The quantitative estimate of drug-likeness (QED) is 0.708. The molecule has 4 N–H and O–H groups in total. The van der Waals surface area contributed by atoms with Gasteiger partial charge in [0.25, 0.3) is 0 Å². The average molecular weight is 314 g/mol. The minimum atomic E-state index is -3.86. The van der Waals surface area contributed by atoms with Gasteiger partial charge in [0.05, 0.1) is 22.9 Å². The van der Waals surface area contributed by atoms with E-state index in [1.165, 1.54) is 12.1 Å². The molecule has 1 heterocycles. The zero-order valence-electron chi connectivity index (χ0n) is 11.8. The molecule has 2 rings (SSSR count). The van der Waals surface area contributed by atoms with Crippen LogP contribution < -0.4 is 10.5 Å². The van der Waals surface area contributed by atoms with Crippen LogP contribution in [-0.4, -0.2) is 37.7 Å². The van der Waals surface area contributed by atoms with E-state index in [9.17, 15) is 13.2 Å². The molecular weight excluding hydrogens is 296 g/mol. The van der Waals surface area contributed by atoms with Gasteiger partial charge in [-0.15, -0.1) is 0 Å². The van der Waals surface area contributed by atoms with Gasteiger partial charge in [-0.05, 0) is 38.5 Å². The Bertz CT molecular complexity index is 673. The molecule has 21 heavy (non-hydrogen) atoms. The number of benzene rings is 1. The van der Waals surface area contributed by atoms with Crippen LogP contribution in [0.25, 0.3) is 0 Å². The number of ether oxygens (including phenoxy) is 1. The minimum Gasteiger partial charge on any atom is -0.478 e. The number of nitrogens with one attached hydrogen (secondary N) is 1. The third-order valence-electron chi connectivity index (χ3n) is 3.80. The standard InChI is InChI=1S/C13H18N2O5S/c1-8-13(2,5-6-20-8)15-21(18,19)11-4-3-9(12(16)17)7-10(11)14/h3-4,7-8,15H,5-6,14H2,1-2H3,(H,16,17). The zero-order valence-corrected chi connectivity index (χ0v) is 12.6. The second kappa shape index (κ2) is 5.28. The molecule has 1 aromatic carbocycles. The van der Waals surface area contributed by atoms with Gasteiger partial charge >= 0.3 is 5.97 Å². The first-order valence-electron chi connectivity index (χ1n) is 6.44. The molecule has 0 radical (unpaired) electrons. The van der Waals surface area contributed by atoms with Crippen LogP contribution in [0.3, 0.4) is 0 Å². The molecule has 0 aromatic heterocycles. The highest BCUT2D eigenvalue weighted by atomic mass is 32.2. The number of hydrogen-bond donors (Lipinski definition) is 3. The van der Waals surface area contributed by atoms with Crippen LogP contribution in [0.15, 0.2) is 23.1 Å². The Morgan fingerprint density at radius 3 is 2.67 bits per heavy atom. The molecule has 7 nitrogen and oxygen atoms in total. The van der Waals surface area contributed by atoms with Crippen molar-refractivity contribution in [3.63, 3.8) is 0 Å². The fraction of sp³-hybridized carbons (Fsp3) is 0.462. The van der Waals surface area contributed by atoms with Gasteiger partial charge in [-0.2, -0.15) is 0 Å². The SMILES string of the molecule is CC1OCCC1(C)NS(=O)(=O)c1ccc(C(=O)O)cc1N. The molecule has 0 amide bonds. The first-order valence-corrected chi connectivity index (χ1v) is 7.92. The minimum absolute atomic E-state index is 0.0600. The van der Waals surface area contributed by atoms with E-state index in [4.69, 9.17) is 15.6 Å². The van der Waals surface area contributed by atoms with Crippen molar-refractivity contribution in [2.45, 2.75) is 36.8 Å². The second-order valence-corrected chi connectivity index (χ2v) is 6.99. The van der Waals surface area contributed by atoms with E-state index < -0.39 is 21.5 Å². The highest BCUT2D eigenvalue weighted by Crippen LogP contribution is 2.29. The molecule has 0 saturated carbocycles. The number of nitrogen functional groups attached to an aromatic ring is 1. The molecule has 2 atom stereocenters. The Hall–Kier alpha value is -1.64. The third kappa shape index (κ3) is 3.02. The molecule has 2 unspecified atom stereocenters. The molecule has 1 aliphatic heterocycles. The van der Waals surface area contributed by atoms with Gasteiger partial charge in [-0.1, -0.05) is 0 Å². The van der Waals surface area contributed by atoms with Crippen LogP contribution in [0.5, 0.6) is 0 Å². The maximum absolute atomic E-state index is 12.4. The Morgan fingerprint density at radius 1 is 1.52 bits per heavy atom. The number of rotatable bonds is 4. The van der Waals surface area contributed by atoms with Gasteiger partial charge in [0.1, 0.15) is 4.90 Å². The number of carbonyl (C=O) groups is 1. The van der Waals surface area contributed by atoms with Crippen molar-refractivity contribution in [2.75, 3.05) is 12.3 Å². The summed E-state index contributed by atoms with van der Waals surface area (Å²) >= 11 is 0. The number of hydrogen-bond acceptors (Lipinski definition) is 5. The number of carboxylic acid groups (broad SMARTS) is 1. The molecule has 0 bridgehead atoms. The lowest BCUT2D eigenvalue weighted by atomic mass is 9.97. The molecule has 1 fully saturated rings. The van der Waals surface area contributed by atoms with Crippen molar-refractivity contribution in [1.29, 1.82) is 0 Å². The largest absolute Gasteiger partial charge is 0.478 e. The average Bonchev–Trinajstić information content (AvgIpc) is 2.67. The summed E-state index contributed by atoms with van der Waals surface area (Å²) in [6.07, 6.45) is 0.298. The summed E-state index contributed by atoms with van der Waals surface area (Å²) in [6.45, 7) is 4.05. The fourth-order valence-electron chi connectivity index (χ4n) is 2.26. The van der Waals surface area contributed by atoms with Gasteiger partial charge in [-0.3, -0.25) is 0 Å². The summed E-state index contributed by atoms with van der Waals surface area (Å²) in [5.74, 6) is -1.16. The van der Waals surface area contributed by atoms with Crippen molar-refractivity contribution in [1.82, 2.24) is 4.72 Å². The first kappa shape index (κ1) is 15.7. The van der Waals surface area contributed by atoms with Gasteiger partial charge < -0.3 is 15.6 Å². The van der Waals surface area contributed by atoms with Crippen LogP contribution in [0.4, 0.5) is 5.69 Å². The number of anilines is 1. The van der Waals surface area contributed by atoms with E-state index in [-0.39, 0.29) is 22.3 Å². The molecule has 0 spiro atoms. The third-order valence-corrected chi connectivity index (χ3v) is 5.49. The zero-order chi connectivity index (χ0) is 15.8. The van der Waals surface area contributed by atoms with Crippen LogP contribution >= 0.6 is 0 Å². The van der Waals surface area contributed by atoms with Crippen molar-refractivity contribution >= 4 is 21.7 Å². The number of carboxylic acids is 1. The van der Waals surface area contributed by atoms with Gasteiger partial charge in [0.15, 0.2) is 0 Å².